The standard InChI is InChI=1S/C79H107N19O21S3/c1-43(99)65-75(116)88-51(24-25-62(101)102)68(109)90-54(32-45-15-7-5-8-16-45)70(111)93-57(40-121-38-47-19-11-20-48(31-47)39-122-41-58(94-69(110)52(26-30-120-4)86-44(2)100)77(118)98-29-14-23-60(98)78(119)97-28-13-22-59(97)73(114)95-65)72(113)91-55(36-64(105)106)71(112)92-56(34-49-37-83-42-85-49)76(117)96(3)61(33-46-17-9-6-10-18-46)74(115)87-50(21-12-27-84-79(81)82)67(108)89-53(66(80)107)35-63(103)104/h5-11,15-20,31,37,42-43,50-61,65,99H,12-14,21-30,32-36,38-41H2,1-4H3,(H2,80,107)(H,83,85)(H,86,100)(H,87,115)(H,88,116)(H,89,108)(H,90,109)(H,91,113)(H,92,112)(H,93,111)(H,94,110)(H,95,114)(H,101,102)(H,103,104)(H,105,106)(H4,81,82,84)/t43-,50+,51+,52+,53+,54+,55+,56+,57+,58+,59+,60+,61+,65+/m1/s1. The molecule has 0 aliphatic carbocycles. The molecule has 1 aromatic heterocycles. The van der Waals surface area contributed by atoms with Crippen LogP contribution in [-0.2, 0) is 112 Å². The summed E-state index contributed by atoms with van der Waals surface area (Å²) in [5.41, 5.74) is 13.2. The summed E-state index contributed by atoms with van der Waals surface area (Å²) in [4.78, 5) is 250. The molecule has 0 radical (unpaired) electrons. The minimum atomic E-state index is -2.11. The zero-order chi connectivity index (χ0) is 89.3. The largest absolute Gasteiger partial charge is 0.481 e. The minimum Gasteiger partial charge on any atom is -0.481 e. The quantitative estimate of drug-likeness (QED) is 0.0124. The number of fused-ring (bicyclic) bond motifs is 4. The van der Waals surface area contributed by atoms with Gasteiger partial charge >= 0.3 is 17.9 Å². The number of carboxylic acids is 3. The second-order valence-electron chi connectivity index (χ2n) is 29.6. The van der Waals surface area contributed by atoms with Crippen molar-refractivity contribution >= 4 is 142 Å². The fourth-order valence-corrected chi connectivity index (χ4v) is 16.4. The van der Waals surface area contributed by atoms with Crippen LogP contribution in [0.3, 0.4) is 0 Å². The highest BCUT2D eigenvalue weighted by Gasteiger charge is 2.46. The number of nitrogens with one attached hydrogen (secondary N) is 13. The molecule has 3 aliphatic rings. The number of aromatic amines is 1. The summed E-state index contributed by atoms with van der Waals surface area (Å²) in [6.45, 7) is 2.50. The van der Waals surface area contributed by atoms with Gasteiger partial charge in [-0.25, -0.2) is 4.98 Å². The Balaban J connectivity index is 1.26. The van der Waals surface area contributed by atoms with Crippen LogP contribution >= 0.6 is 35.3 Å². The van der Waals surface area contributed by atoms with Gasteiger partial charge in [-0.2, -0.15) is 35.3 Å². The number of aliphatic carboxylic acids is 3. The number of hydrogen-bond acceptors (Lipinski definition) is 23. The highest BCUT2D eigenvalue weighted by Crippen LogP contribution is 2.28. The van der Waals surface area contributed by atoms with Gasteiger partial charge in [-0.3, -0.25) is 86.9 Å². The molecule has 122 heavy (non-hydrogen) atoms. The molecule has 2 bridgehead atoms. The number of likely N-dealkylation sites (N-methyl/N-ethyl adjacent to an activating group) is 1. The summed E-state index contributed by atoms with van der Waals surface area (Å²) >= 11 is 3.73. The zero-order valence-electron chi connectivity index (χ0n) is 67.8. The molecule has 662 valence electrons. The van der Waals surface area contributed by atoms with Crippen molar-refractivity contribution in [1.82, 2.24) is 83.2 Å². The molecule has 4 heterocycles. The van der Waals surface area contributed by atoms with Crippen LogP contribution in [0.2, 0.25) is 0 Å². The first kappa shape index (κ1) is 97.3. The van der Waals surface area contributed by atoms with E-state index >= 15 is 24.0 Å². The molecule has 21 N–H and O–H groups in total. The third-order valence-electron chi connectivity index (χ3n) is 20.2. The maximum atomic E-state index is 15.3. The van der Waals surface area contributed by atoms with Crippen molar-refractivity contribution in [3.05, 3.63) is 125 Å². The Kier molecular flexibility index (Phi) is 38.7. The lowest BCUT2D eigenvalue weighted by atomic mass is 10.0. The number of imidazole rings is 1. The van der Waals surface area contributed by atoms with Gasteiger partial charge in [0.25, 0.3) is 0 Å². The Bertz CT molecular complexity index is 4370. The number of nitrogens with zero attached hydrogens (tertiary/aromatic N) is 4. The Morgan fingerprint density at radius 3 is 1.82 bits per heavy atom. The summed E-state index contributed by atoms with van der Waals surface area (Å²) in [7, 11) is 1.19. The van der Waals surface area contributed by atoms with Gasteiger partial charge < -0.3 is 110 Å². The van der Waals surface area contributed by atoms with E-state index in [0.717, 1.165) is 23.6 Å². The van der Waals surface area contributed by atoms with Crippen LogP contribution in [0.5, 0.6) is 0 Å². The van der Waals surface area contributed by atoms with Crippen LogP contribution in [0, 0.1) is 5.41 Å². The Morgan fingerprint density at radius 1 is 0.639 bits per heavy atom. The molecule has 3 aliphatic heterocycles. The number of aromatic nitrogens is 2. The van der Waals surface area contributed by atoms with Gasteiger partial charge in [0.05, 0.1) is 31.0 Å². The van der Waals surface area contributed by atoms with E-state index in [-0.39, 0.29) is 87.5 Å². The van der Waals surface area contributed by atoms with Gasteiger partial charge in [-0.1, -0.05) is 84.9 Å². The first-order valence-electron chi connectivity index (χ1n) is 39.5. The van der Waals surface area contributed by atoms with Crippen molar-refractivity contribution < 1.29 is 102 Å². The van der Waals surface area contributed by atoms with Crippen molar-refractivity contribution in [1.29, 1.82) is 5.41 Å². The van der Waals surface area contributed by atoms with Gasteiger partial charge in [-0.05, 0) is 92.6 Å². The number of primary amides is 1. The van der Waals surface area contributed by atoms with Gasteiger partial charge in [0.2, 0.25) is 82.7 Å². The lowest BCUT2D eigenvalue weighted by Gasteiger charge is -2.34. The average molecular weight is 1760 g/mol. The maximum absolute atomic E-state index is 15.3. The van der Waals surface area contributed by atoms with Crippen LogP contribution in [-0.4, -0.2) is 287 Å². The minimum absolute atomic E-state index is 0.0103. The van der Waals surface area contributed by atoms with E-state index in [1.54, 1.807) is 78.9 Å². The number of carboxylic acid groups (broad SMARTS) is 3. The van der Waals surface area contributed by atoms with Crippen molar-refractivity contribution in [3.8, 4) is 0 Å². The van der Waals surface area contributed by atoms with Crippen molar-refractivity contribution in [2.45, 2.75) is 200 Å². The second-order valence-corrected chi connectivity index (χ2v) is 32.6. The molecular weight excluding hydrogens is 1650 g/mol. The predicted molar refractivity (Wildman–Crippen MR) is 447 cm³/mol. The van der Waals surface area contributed by atoms with Gasteiger partial charge in [0.1, 0.15) is 78.5 Å². The van der Waals surface area contributed by atoms with Crippen LogP contribution in [0.15, 0.2) is 97.5 Å². The monoisotopic (exact) mass is 1750 g/mol. The number of aliphatic hydroxyl groups is 1. The maximum Gasteiger partial charge on any atom is 0.305 e. The summed E-state index contributed by atoms with van der Waals surface area (Å²) < 4.78 is 0. The van der Waals surface area contributed by atoms with E-state index < -0.39 is 229 Å². The highest BCUT2D eigenvalue weighted by molar-refractivity contribution is 7.99. The average Bonchev–Trinajstić information content (AvgIpc) is 1.62. The molecule has 40 nitrogen and oxygen atoms in total. The number of nitrogens with two attached hydrogens (primary N) is 2. The summed E-state index contributed by atoms with van der Waals surface area (Å²) in [5, 5.41) is 76.7. The lowest BCUT2D eigenvalue weighted by molar-refractivity contribution is -0.148. The van der Waals surface area contributed by atoms with Crippen LogP contribution in [0.4, 0.5) is 0 Å². The smallest absolute Gasteiger partial charge is 0.305 e. The Hall–Kier alpha value is -11.9. The third kappa shape index (κ3) is 30.7. The number of benzene rings is 3. The molecule has 43 heteroatoms. The van der Waals surface area contributed by atoms with E-state index in [9.17, 15) is 78.0 Å². The molecule has 4 aromatic rings. The van der Waals surface area contributed by atoms with E-state index in [1.807, 2.05) is 12.3 Å². The number of guanidine groups is 1. The summed E-state index contributed by atoms with van der Waals surface area (Å²) in [6, 6.07) is 2.55. The Labute approximate surface area is 715 Å². The number of aliphatic hydroxyl groups excluding tert-OH is 1. The zero-order valence-corrected chi connectivity index (χ0v) is 70.2. The molecule has 3 aromatic carbocycles. The number of carbonyl (C=O) groups excluding carboxylic acids is 14. The van der Waals surface area contributed by atoms with E-state index in [4.69, 9.17) is 16.9 Å². The van der Waals surface area contributed by atoms with Gasteiger partial charge in [-0.15, -0.1) is 0 Å². The summed E-state index contributed by atoms with van der Waals surface area (Å²) in [6.07, 6.45) is -1.08. The van der Waals surface area contributed by atoms with Gasteiger partial charge in [0.15, 0.2) is 5.96 Å². The number of H-pyrrole nitrogens is 1. The molecular formula is C79H107N19O21S3. The molecule has 7 rings (SSSR count). The van der Waals surface area contributed by atoms with Crippen LogP contribution in [0.25, 0.3) is 0 Å². The SMILES string of the molecule is CSCC[C@H](NC(C)=O)C(=O)N[C@H]1CSCc2cccc(c2)CSC[C@@H](C(=O)N[C@@H](CC(=O)O)C(=O)N[C@@H](Cc2c[nH]cn2)C(=O)N(C)[C@@H](Cc2ccccc2)C(=O)N[C@@H](CCCNC(=N)N)C(=O)N[C@@H](CC(=O)O)C(N)=O)NC(=O)[C@H](Cc2ccccc2)NC(=O)[C@H](CCC(=O)O)NC(=O)[C@H]([C@@H](C)O)NC(=O)[C@@H]2CCCN2C(=O)[C@@H]2CCCN2C1=O. The molecule has 2 saturated heterocycles. The fraction of sp³-hybridized carbons (Fsp3) is 0.506. The predicted octanol–water partition coefficient (Wildman–Crippen LogP) is -3.01. The lowest BCUT2D eigenvalue weighted by Crippen LogP contribution is -2.62. The molecule has 2 fully saturated rings. The van der Waals surface area contributed by atoms with Crippen molar-refractivity contribution in [2.75, 3.05) is 50.2 Å². The van der Waals surface area contributed by atoms with Crippen LogP contribution < -0.4 is 70.0 Å². The molecule has 0 spiro atoms. The van der Waals surface area contributed by atoms with Crippen molar-refractivity contribution in [3.63, 3.8) is 0 Å². The van der Waals surface area contributed by atoms with E-state index in [0.29, 0.717) is 40.8 Å². The number of amides is 14. The van der Waals surface area contributed by atoms with Crippen molar-refractivity contribution in [2.24, 2.45) is 11.5 Å². The van der Waals surface area contributed by atoms with E-state index in [1.165, 1.54) is 59.8 Å². The number of thioether (sulfide) groups is 3. The molecule has 14 atom stereocenters. The number of hydrogen-bond donors (Lipinski definition) is 19. The van der Waals surface area contributed by atoms with Crippen LogP contribution in [0.1, 0.15) is 112 Å². The molecule has 0 unspecified atom stereocenters. The number of carbonyl (C=O) groups is 17. The molecule has 0 saturated carbocycles. The van der Waals surface area contributed by atoms with E-state index in [2.05, 4.69) is 68.5 Å². The fourth-order valence-electron chi connectivity index (χ4n) is 13.9. The first-order valence-corrected chi connectivity index (χ1v) is 43.2. The second kappa shape index (κ2) is 48.5. The van der Waals surface area contributed by atoms with Gasteiger partial charge in [0, 0.05) is 88.5 Å². The Morgan fingerprint density at radius 2 is 1.22 bits per heavy atom. The number of rotatable bonds is 35. The molecule has 14 amide bonds. The highest BCUT2D eigenvalue weighted by atomic mass is 32.2. The summed E-state index contributed by atoms with van der Waals surface area (Å²) in [5.74, 6) is -18.4. The topological polar surface area (TPSA) is 618 Å². The normalized spacial score (nSPS) is 20.6. The first-order chi connectivity index (χ1) is 58.1. The third-order valence-corrected chi connectivity index (χ3v) is 23.1.